The molecule has 0 saturated carbocycles. The van der Waals surface area contributed by atoms with Crippen LogP contribution in [0, 0.1) is 5.92 Å². The Kier molecular flexibility index (Phi) is 7.24. The smallest absolute Gasteiger partial charge is 0.335 e. The number of benzene rings is 1. The highest BCUT2D eigenvalue weighted by atomic mass is 16.4. The molecule has 1 rings (SSSR count). The number of unbranched alkanes of at least 4 members (excludes halogenated alkanes) is 4. The normalized spacial score (nSPS) is 10.9. The van der Waals surface area contributed by atoms with Gasteiger partial charge in [-0.25, -0.2) is 4.79 Å². The molecule has 0 saturated heterocycles. The van der Waals surface area contributed by atoms with E-state index in [9.17, 15) is 4.79 Å². The molecule has 2 heteroatoms. The predicted molar refractivity (Wildman–Crippen MR) is 79.6 cm³/mol. The topological polar surface area (TPSA) is 37.3 Å². The first-order valence-corrected chi connectivity index (χ1v) is 7.42. The summed E-state index contributed by atoms with van der Waals surface area (Å²) >= 11 is 0. The van der Waals surface area contributed by atoms with E-state index < -0.39 is 5.97 Å². The highest BCUT2D eigenvalue weighted by Gasteiger charge is 2.07. The lowest BCUT2D eigenvalue weighted by Crippen LogP contribution is -2.02. The van der Waals surface area contributed by atoms with Crippen LogP contribution >= 0.6 is 0 Å². The van der Waals surface area contributed by atoms with Crippen molar-refractivity contribution in [1.82, 2.24) is 0 Å². The van der Waals surface area contributed by atoms with Crippen molar-refractivity contribution >= 4 is 5.97 Å². The number of carbonyl (C=O) groups is 1. The average Bonchev–Trinajstić information content (AvgIpc) is 2.37. The summed E-state index contributed by atoms with van der Waals surface area (Å²) in [7, 11) is 0. The van der Waals surface area contributed by atoms with Gasteiger partial charge in [-0.2, -0.15) is 0 Å². The van der Waals surface area contributed by atoms with Gasteiger partial charge in [0.05, 0.1) is 5.56 Å². The monoisotopic (exact) mass is 262 g/mol. The van der Waals surface area contributed by atoms with Crippen LogP contribution in [0.2, 0.25) is 0 Å². The number of carboxylic acid groups (broad SMARTS) is 1. The Labute approximate surface area is 116 Å². The summed E-state index contributed by atoms with van der Waals surface area (Å²) in [6, 6.07) is 7.34. The highest BCUT2D eigenvalue weighted by molar-refractivity contribution is 5.89. The lowest BCUT2D eigenvalue weighted by atomic mass is 9.99. The first-order chi connectivity index (χ1) is 9.11. The van der Waals surface area contributed by atoms with E-state index in [0.29, 0.717) is 5.56 Å². The van der Waals surface area contributed by atoms with Gasteiger partial charge in [-0.3, -0.25) is 0 Å². The summed E-state index contributed by atoms with van der Waals surface area (Å²) < 4.78 is 0. The van der Waals surface area contributed by atoms with E-state index >= 15 is 0 Å². The Hall–Kier alpha value is -1.31. The van der Waals surface area contributed by atoms with Crippen molar-refractivity contribution in [2.45, 2.75) is 58.8 Å². The van der Waals surface area contributed by atoms with Crippen LogP contribution in [0.5, 0.6) is 0 Å². The zero-order valence-electron chi connectivity index (χ0n) is 12.2. The molecular weight excluding hydrogens is 236 g/mol. The molecule has 0 aliphatic carbocycles. The Morgan fingerprint density at radius 3 is 2.37 bits per heavy atom. The van der Waals surface area contributed by atoms with Gasteiger partial charge in [0.25, 0.3) is 0 Å². The lowest BCUT2D eigenvalue weighted by molar-refractivity contribution is 0.0695. The maximum Gasteiger partial charge on any atom is 0.335 e. The minimum atomic E-state index is -0.812. The molecule has 106 valence electrons. The van der Waals surface area contributed by atoms with Crippen molar-refractivity contribution in [1.29, 1.82) is 0 Å². The lowest BCUT2D eigenvalue weighted by Gasteiger charge is -2.06. The second-order valence-electron chi connectivity index (χ2n) is 5.66. The second-order valence-corrected chi connectivity index (χ2v) is 5.66. The molecule has 0 unspecified atom stereocenters. The average molecular weight is 262 g/mol. The Morgan fingerprint density at radius 1 is 1.05 bits per heavy atom. The third kappa shape index (κ3) is 6.42. The van der Waals surface area contributed by atoms with Gasteiger partial charge >= 0.3 is 5.97 Å². The summed E-state index contributed by atoms with van der Waals surface area (Å²) in [5, 5.41) is 9.09. The summed E-state index contributed by atoms with van der Waals surface area (Å²) in [5.41, 5.74) is 1.43. The molecule has 1 aromatic carbocycles. The van der Waals surface area contributed by atoms with Gasteiger partial charge in [-0.1, -0.05) is 64.2 Å². The molecule has 19 heavy (non-hydrogen) atoms. The van der Waals surface area contributed by atoms with Gasteiger partial charge < -0.3 is 5.11 Å². The van der Waals surface area contributed by atoms with Crippen LogP contribution in [0.15, 0.2) is 24.3 Å². The molecule has 0 radical (unpaired) electrons. The van der Waals surface area contributed by atoms with Crippen LogP contribution in [-0.4, -0.2) is 11.1 Å². The Balaban J connectivity index is 2.21. The van der Waals surface area contributed by atoms with Crippen molar-refractivity contribution in [3.63, 3.8) is 0 Å². The first kappa shape index (κ1) is 15.7. The summed E-state index contributed by atoms with van der Waals surface area (Å²) in [5.74, 6) is -0.00465. The molecule has 0 aliphatic rings. The molecule has 1 N–H and O–H groups in total. The first-order valence-electron chi connectivity index (χ1n) is 7.42. The minimum absolute atomic E-state index is 0.460. The maximum absolute atomic E-state index is 11.1. The van der Waals surface area contributed by atoms with Crippen LogP contribution in [0.3, 0.4) is 0 Å². The molecule has 0 aromatic heterocycles. The minimum Gasteiger partial charge on any atom is -0.478 e. The molecule has 0 bridgehead atoms. The number of hydrogen-bond donors (Lipinski definition) is 1. The number of hydrogen-bond acceptors (Lipinski definition) is 1. The van der Waals surface area contributed by atoms with Crippen molar-refractivity contribution in [2.75, 3.05) is 0 Å². The fourth-order valence-corrected chi connectivity index (χ4v) is 2.35. The number of aryl methyl sites for hydroxylation is 1. The molecule has 0 amide bonds. The molecule has 0 aliphatic heterocycles. The molecule has 1 aromatic rings. The van der Waals surface area contributed by atoms with E-state index in [1.807, 2.05) is 12.1 Å². The van der Waals surface area contributed by atoms with E-state index in [0.717, 1.165) is 24.3 Å². The molecule has 0 atom stereocenters. The zero-order valence-corrected chi connectivity index (χ0v) is 12.2. The Morgan fingerprint density at radius 2 is 1.68 bits per heavy atom. The summed E-state index contributed by atoms with van der Waals surface area (Å²) in [6.07, 6.45) is 8.39. The van der Waals surface area contributed by atoms with Gasteiger partial charge in [0.1, 0.15) is 0 Å². The SMILES string of the molecule is CC(C)CCCCCCCc1ccccc1C(=O)O. The third-order valence-corrected chi connectivity index (χ3v) is 3.48. The fraction of sp³-hybridized carbons (Fsp3) is 0.588. The van der Waals surface area contributed by atoms with E-state index in [4.69, 9.17) is 5.11 Å². The van der Waals surface area contributed by atoms with Crippen LogP contribution in [0.4, 0.5) is 0 Å². The predicted octanol–water partition coefficient (Wildman–Crippen LogP) is 4.92. The number of carboxylic acids is 1. The van der Waals surface area contributed by atoms with Crippen LogP contribution < -0.4 is 0 Å². The highest BCUT2D eigenvalue weighted by Crippen LogP contribution is 2.15. The van der Waals surface area contributed by atoms with Gasteiger partial charge in [0, 0.05) is 0 Å². The van der Waals surface area contributed by atoms with E-state index in [-0.39, 0.29) is 0 Å². The van der Waals surface area contributed by atoms with Crippen LogP contribution in [-0.2, 0) is 6.42 Å². The summed E-state index contributed by atoms with van der Waals surface area (Å²) in [6.45, 7) is 4.53. The zero-order chi connectivity index (χ0) is 14.1. The number of rotatable bonds is 9. The summed E-state index contributed by atoms with van der Waals surface area (Å²) in [4.78, 5) is 11.1. The Bertz CT molecular complexity index is 383. The van der Waals surface area contributed by atoms with Crippen molar-refractivity contribution in [3.8, 4) is 0 Å². The van der Waals surface area contributed by atoms with Crippen molar-refractivity contribution in [3.05, 3.63) is 35.4 Å². The molecule has 2 nitrogen and oxygen atoms in total. The number of aromatic carboxylic acids is 1. The quantitative estimate of drug-likeness (QED) is 0.641. The largest absolute Gasteiger partial charge is 0.478 e. The van der Waals surface area contributed by atoms with Crippen LogP contribution in [0.25, 0.3) is 0 Å². The molecule has 0 fully saturated rings. The van der Waals surface area contributed by atoms with Gasteiger partial charge in [-0.15, -0.1) is 0 Å². The van der Waals surface area contributed by atoms with Gasteiger partial charge in [-0.05, 0) is 30.4 Å². The van der Waals surface area contributed by atoms with Crippen LogP contribution in [0.1, 0.15) is 68.3 Å². The third-order valence-electron chi connectivity index (χ3n) is 3.48. The van der Waals surface area contributed by atoms with Crippen molar-refractivity contribution < 1.29 is 9.90 Å². The fourth-order valence-electron chi connectivity index (χ4n) is 2.35. The molecule has 0 heterocycles. The second kappa shape index (κ2) is 8.73. The molecular formula is C17H26O2. The van der Waals surface area contributed by atoms with Gasteiger partial charge in [0.15, 0.2) is 0 Å². The van der Waals surface area contributed by atoms with E-state index in [2.05, 4.69) is 13.8 Å². The van der Waals surface area contributed by atoms with Gasteiger partial charge in [0.2, 0.25) is 0 Å². The van der Waals surface area contributed by atoms with E-state index in [1.165, 1.54) is 32.1 Å². The maximum atomic E-state index is 11.1. The van der Waals surface area contributed by atoms with E-state index in [1.54, 1.807) is 12.1 Å². The molecule has 0 spiro atoms. The standard InChI is InChI=1S/C17H26O2/c1-14(2)10-6-4-3-5-7-11-15-12-8-9-13-16(15)17(18)19/h8-9,12-14H,3-7,10-11H2,1-2H3,(H,18,19). The van der Waals surface area contributed by atoms with Crippen molar-refractivity contribution in [2.24, 2.45) is 5.92 Å².